The fraction of sp³-hybridized carbons (Fsp3) is 0.308. The van der Waals surface area contributed by atoms with Crippen LogP contribution in [0.3, 0.4) is 0 Å². The Morgan fingerprint density at radius 3 is 2.44 bits per heavy atom. The summed E-state index contributed by atoms with van der Waals surface area (Å²) in [4.78, 5) is 27.0. The van der Waals surface area contributed by atoms with Crippen LogP contribution in [0, 0.1) is 0 Å². The van der Waals surface area contributed by atoms with Crippen LogP contribution in [0.2, 0.25) is 0 Å². The zero-order valence-corrected chi connectivity index (χ0v) is 20.6. The molecule has 1 aromatic heterocycles. The van der Waals surface area contributed by atoms with Gasteiger partial charge in [0, 0.05) is 28.8 Å². The highest BCUT2D eigenvalue weighted by molar-refractivity contribution is 7.98. The standard InChI is InChI=1S/C26H29NO6S/c1-26(2,3)33-25(30)27(4)13-15-32-23-21(18-12-14-31-16-18)11-10-19(22(23)24(28)29)17-34-20-8-6-5-7-9-20/h5-12,14,16H,13,15,17H2,1-4H3,(H,28,29). The minimum absolute atomic E-state index is 0.0934. The van der Waals surface area contributed by atoms with Crippen LogP contribution < -0.4 is 4.74 Å². The van der Waals surface area contributed by atoms with Gasteiger partial charge in [0.1, 0.15) is 23.5 Å². The Morgan fingerprint density at radius 2 is 1.82 bits per heavy atom. The van der Waals surface area contributed by atoms with Crippen molar-refractivity contribution >= 4 is 23.8 Å². The van der Waals surface area contributed by atoms with Gasteiger partial charge in [-0.3, -0.25) is 0 Å². The second-order valence-electron chi connectivity index (χ2n) is 8.65. The van der Waals surface area contributed by atoms with E-state index in [-0.39, 0.29) is 24.5 Å². The number of thioether (sulfide) groups is 1. The van der Waals surface area contributed by atoms with Crippen molar-refractivity contribution in [2.45, 2.75) is 37.0 Å². The highest BCUT2D eigenvalue weighted by Crippen LogP contribution is 2.38. The topological polar surface area (TPSA) is 89.2 Å². The van der Waals surface area contributed by atoms with Crippen LogP contribution in [0.1, 0.15) is 36.7 Å². The first-order valence-electron chi connectivity index (χ1n) is 10.8. The highest BCUT2D eigenvalue weighted by Gasteiger charge is 2.23. The van der Waals surface area contributed by atoms with Crippen LogP contribution in [0.25, 0.3) is 11.1 Å². The molecule has 1 heterocycles. The van der Waals surface area contributed by atoms with E-state index in [9.17, 15) is 14.7 Å². The quantitative estimate of drug-likeness (QED) is 0.363. The van der Waals surface area contributed by atoms with E-state index in [1.807, 2.05) is 36.4 Å². The minimum atomic E-state index is -1.08. The van der Waals surface area contributed by atoms with E-state index in [1.54, 1.807) is 58.0 Å². The fourth-order valence-electron chi connectivity index (χ4n) is 3.17. The molecule has 0 unspecified atom stereocenters. The van der Waals surface area contributed by atoms with E-state index in [4.69, 9.17) is 13.9 Å². The predicted octanol–water partition coefficient (Wildman–Crippen LogP) is 6.18. The van der Waals surface area contributed by atoms with Crippen molar-refractivity contribution in [2.75, 3.05) is 20.2 Å². The van der Waals surface area contributed by atoms with Gasteiger partial charge >= 0.3 is 12.1 Å². The molecule has 0 aliphatic carbocycles. The molecule has 0 fully saturated rings. The molecule has 0 saturated heterocycles. The molecule has 34 heavy (non-hydrogen) atoms. The molecule has 0 aliphatic heterocycles. The Labute approximate surface area is 203 Å². The molecule has 0 atom stereocenters. The number of benzene rings is 2. The summed E-state index contributed by atoms with van der Waals surface area (Å²) in [6, 6.07) is 15.2. The van der Waals surface area contributed by atoms with Gasteiger partial charge in [-0.25, -0.2) is 9.59 Å². The monoisotopic (exact) mass is 483 g/mol. The van der Waals surface area contributed by atoms with Gasteiger partial charge in [-0.05, 0) is 44.5 Å². The summed E-state index contributed by atoms with van der Waals surface area (Å²) in [5.74, 6) is -0.368. The number of aromatic carboxylic acids is 1. The summed E-state index contributed by atoms with van der Waals surface area (Å²) >= 11 is 1.55. The van der Waals surface area contributed by atoms with E-state index in [0.29, 0.717) is 22.4 Å². The molecule has 7 nitrogen and oxygen atoms in total. The second-order valence-corrected chi connectivity index (χ2v) is 9.69. The molecular formula is C26H29NO6S. The molecule has 0 saturated carbocycles. The Bertz CT molecular complexity index is 1110. The van der Waals surface area contributed by atoms with Crippen LogP contribution in [-0.4, -0.2) is 47.9 Å². The van der Waals surface area contributed by atoms with Crippen molar-refractivity contribution in [1.82, 2.24) is 4.90 Å². The number of furan rings is 1. The van der Waals surface area contributed by atoms with E-state index >= 15 is 0 Å². The SMILES string of the molecule is CN(CCOc1c(-c2ccoc2)ccc(CSc2ccccc2)c1C(=O)O)C(=O)OC(C)(C)C. The van der Waals surface area contributed by atoms with Crippen LogP contribution in [-0.2, 0) is 10.5 Å². The first-order valence-corrected chi connectivity index (χ1v) is 11.8. The number of nitrogens with zero attached hydrogens (tertiary/aromatic N) is 1. The van der Waals surface area contributed by atoms with Gasteiger partial charge in [-0.2, -0.15) is 0 Å². The lowest BCUT2D eigenvalue weighted by molar-refractivity contribution is 0.0277. The summed E-state index contributed by atoms with van der Waals surface area (Å²) in [5.41, 5.74) is 1.45. The molecule has 1 N–H and O–H groups in total. The number of amides is 1. The zero-order chi connectivity index (χ0) is 24.7. The van der Waals surface area contributed by atoms with Crippen molar-refractivity contribution in [3.63, 3.8) is 0 Å². The zero-order valence-electron chi connectivity index (χ0n) is 19.7. The average Bonchev–Trinajstić information content (AvgIpc) is 3.31. The number of carboxylic acid groups (broad SMARTS) is 1. The maximum atomic E-state index is 12.3. The van der Waals surface area contributed by atoms with Crippen molar-refractivity contribution in [3.8, 4) is 16.9 Å². The number of likely N-dealkylation sites (N-methyl/N-ethyl adjacent to an activating group) is 1. The lowest BCUT2D eigenvalue weighted by Crippen LogP contribution is -2.36. The normalized spacial score (nSPS) is 11.2. The van der Waals surface area contributed by atoms with Gasteiger partial charge in [0.15, 0.2) is 0 Å². The number of ether oxygens (including phenoxy) is 2. The van der Waals surface area contributed by atoms with Crippen LogP contribution in [0.4, 0.5) is 4.79 Å². The molecule has 3 rings (SSSR count). The summed E-state index contributed by atoms with van der Waals surface area (Å²) in [5, 5.41) is 10.1. The van der Waals surface area contributed by atoms with E-state index < -0.39 is 17.7 Å². The fourth-order valence-corrected chi connectivity index (χ4v) is 4.08. The largest absolute Gasteiger partial charge is 0.490 e. The van der Waals surface area contributed by atoms with Crippen molar-refractivity contribution < 1.29 is 28.6 Å². The second kappa shape index (κ2) is 11.2. The first-order chi connectivity index (χ1) is 16.2. The summed E-state index contributed by atoms with van der Waals surface area (Å²) < 4.78 is 16.6. The number of hydrogen-bond donors (Lipinski definition) is 1. The molecule has 0 aliphatic rings. The third kappa shape index (κ3) is 6.81. The summed E-state index contributed by atoms with van der Waals surface area (Å²) in [6.45, 7) is 5.71. The van der Waals surface area contributed by atoms with Crippen molar-refractivity contribution in [3.05, 3.63) is 72.2 Å². The van der Waals surface area contributed by atoms with Crippen molar-refractivity contribution in [2.24, 2.45) is 0 Å². The third-order valence-corrected chi connectivity index (χ3v) is 5.87. The molecule has 180 valence electrons. The molecule has 8 heteroatoms. The number of carboxylic acids is 1. The van der Waals surface area contributed by atoms with E-state index in [0.717, 1.165) is 4.90 Å². The lowest BCUT2D eigenvalue weighted by Gasteiger charge is -2.25. The van der Waals surface area contributed by atoms with Gasteiger partial charge in [0.2, 0.25) is 0 Å². The van der Waals surface area contributed by atoms with Crippen LogP contribution in [0.15, 0.2) is 70.4 Å². The third-order valence-electron chi connectivity index (χ3n) is 4.81. The summed E-state index contributed by atoms with van der Waals surface area (Å²) in [6.07, 6.45) is 2.59. The molecular weight excluding hydrogens is 454 g/mol. The van der Waals surface area contributed by atoms with Gasteiger partial charge in [-0.1, -0.05) is 30.3 Å². The Hall–Kier alpha value is -3.39. The predicted molar refractivity (Wildman–Crippen MR) is 131 cm³/mol. The first kappa shape index (κ1) is 25.2. The van der Waals surface area contributed by atoms with Gasteiger partial charge in [0.05, 0.1) is 19.1 Å². The maximum absolute atomic E-state index is 12.3. The molecule has 1 amide bonds. The molecule has 2 aromatic carbocycles. The van der Waals surface area contributed by atoms with Gasteiger partial charge in [-0.15, -0.1) is 11.8 Å². The van der Waals surface area contributed by atoms with E-state index in [1.165, 1.54) is 11.2 Å². The molecule has 3 aromatic rings. The Morgan fingerprint density at radius 1 is 1.09 bits per heavy atom. The number of carbonyl (C=O) groups is 2. The summed E-state index contributed by atoms with van der Waals surface area (Å²) in [7, 11) is 1.61. The number of rotatable bonds is 9. The lowest BCUT2D eigenvalue weighted by atomic mass is 9.99. The molecule has 0 radical (unpaired) electrons. The average molecular weight is 484 g/mol. The van der Waals surface area contributed by atoms with Crippen molar-refractivity contribution in [1.29, 1.82) is 0 Å². The number of carbonyl (C=O) groups excluding carboxylic acids is 1. The van der Waals surface area contributed by atoms with E-state index in [2.05, 4.69) is 0 Å². The number of hydrogen-bond acceptors (Lipinski definition) is 6. The van der Waals surface area contributed by atoms with Gasteiger partial charge in [0.25, 0.3) is 0 Å². The van der Waals surface area contributed by atoms with Crippen LogP contribution in [0.5, 0.6) is 5.75 Å². The Balaban J connectivity index is 1.85. The minimum Gasteiger partial charge on any atom is -0.490 e. The van der Waals surface area contributed by atoms with Crippen LogP contribution >= 0.6 is 11.8 Å². The molecule has 0 spiro atoms. The smallest absolute Gasteiger partial charge is 0.410 e. The van der Waals surface area contributed by atoms with Gasteiger partial charge < -0.3 is 23.9 Å². The molecule has 0 bridgehead atoms. The Kier molecular flexibility index (Phi) is 8.28. The maximum Gasteiger partial charge on any atom is 0.410 e. The highest BCUT2D eigenvalue weighted by atomic mass is 32.2.